The van der Waals surface area contributed by atoms with E-state index in [2.05, 4.69) is 16.6 Å². The molecule has 0 saturated carbocycles. The summed E-state index contributed by atoms with van der Waals surface area (Å²) in [5.41, 5.74) is 3.29. The molecule has 1 heterocycles. The van der Waals surface area contributed by atoms with Crippen LogP contribution < -0.4 is 4.74 Å². The van der Waals surface area contributed by atoms with Gasteiger partial charge in [0.1, 0.15) is 18.5 Å². The van der Waals surface area contributed by atoms with E-state index in [0.717, 1.165) is 11.1 Å². The van der Waals surface area contributed by atoms with E-state index >= 15 is 0 Å². The minimum atomic E-state index is -0.444. The molecule has 8 heteroatoms. The van der Waals surface area contributed by atoms with E-state index in [1.54, 1.807) is 25.1 Å². The fourth-order valence-electron chi connectivity index (χ4n) is 3.98. The Labute approximate surface area is 203 Å². The van der Waals surface area contributed by atoms with Gasteiger partial charge in [-0.1, -0.05) is 55.1 Å². The Kier molecular flexibility index (Phi) is 7.32. The molecule has 3 aromatic rings. The minimum absolute atomic E-state index is 0.00414. The van der Waals surface area contributed by atoms with Crippen LogP contribution in [0.15, 0.2) is 96.6 Å². The smallest absolute Gasteiger partial charge is 0.269 e. The number of ether oxygens (including phenoxy) is 1. The molecule has 1 atom stereocenters. The molecule has 1 aliphatic heterocycles. The van der Waals surface area contributed by atoms with Gasteiger partial charge in [0.25, 0.3) is 11.6 Å². The predicted molar refractivity (Wildman–Crippen MR) is 134 cm³/mol. The molecule has 35 heavy (non-hydrogen) atoms. The highest BCUT2D eigenvalue weighted by molar-refractivity contribution is 5.99. The molecule has 1 aliphatic rings. The van der Waals surface area contributed by atoms with Crippen LogP contribution in [0, 0.1) is 10.1 Å². The van der Waals surface area contributed by atoms with Crippen LogP contribution in [0.1, 0.15) is 29.8 Å². The Hall–Kier alpha value is -4.30. The van der Waals surface area contributed by atoms with Crippen LogP contribution in [0.2, 0.25) is 0 Å². The Morgan fingerprint density at radius 2 is 1.80 bits per heavy atom. The molecule has 0 spiro atoms. The van der Waals surface area contributed by atoms with Crippen molar-refractivity contribution in [2.75, 3.05) is 13.2 Å². The SMILES string of the molecule is C=CCOc1ccc([C@H]2N(Cc3ccccc3)CC(=O)N2/N=C(/C)c2ccc([N+](=O)[O-])cc2)cc1. The topological polar surface area (TPSA) is 88.3 Å². The number of hydrogen-bond donors (Lipinski definition) is 0. The van der Waals surface area contributed by atoms with Gasteiger partial charge in [0.2, 0.25) is 0 Å². The molecule has 1 fully saturated rings. The van der Waals surface area contributed by atoms with Crippen molar-refractivity contribution < 1.29 is 14.5 Å². The number of carbonyl (C=O) groups excluding carboxylic acids is 1. The summed E-state index contributed by atoms with van der Waals surface area (Å²) in [5.74, 6) is 0.587. The van der Waals surface area contributed by atoms with E-state index in [4.69, 9.17) is 4.74 Å². The Bertz CT molecular complexity index is 1220. The van der Waals surface area contributed by atoms with Gasteiger partial charge in [0.15, 0.2) is 0 Å². The van der Waals surface area contributed by atoms with Gasteiger partial charge in [-0.2, -0.15) is 5.10 Å². The first-order valence-corrected chi connectivity index (χ1v) is 11.2. The van der Waals surface area contributed by atoms with Crippen molar-refractivity contribution in [2.45, 2.75) is 19.6 Å². The van der Waals surface area contributed by atoms with Gasteiger partial charge >= 0.3 is 0 Å². The minimum Gasteiger partial charge on any atom is -0.490 e. The van der Waals surface area contributed by atoms with Crippen molar-refractivity contribution in [1.29, 1.82) is 0 Å². The van der Waals surface area contributed by atoms with Crippen molar-refractivity contribution in [3.63, 3.8) is 0 Å². The van der Waals surface area contributed by atoms with Crippen LogP contribution >= 0.6 is 0 Å². The third-order valence-corrected chi connectivity index (χ3v) is 5.70. The standard InChI is InChI=1S/C27H26N4O4/c1-3-17-35-25-15-11-23(12-16-25)27-29(18-21-7-5-4-6-8-21)19-26(32)30(27)28-20(2)22-9-13-24(14-10-22)31(33)34/h3-16,27H,1,17-19H2,2H3/b28-20-/t27-/m0/s1. The Morgan fingerprint density at radius 3 is 2.43 bits per heavy atom. The molecule has 8 nitrogen and oxygen atoms in total. The lowest BCUT2D eigenvalue weighted by atomic mass is 10.1. The zero-order valence-corrected chi connectivity index (χ0v) is 19.4. The number of rotatable bonds is 9. The number of amides is 1. The van der Waals surface area contributed by atoms with Gasteiger partial charge in [0, 0.05) is 18.7 Å². The van der Waals surface area contributed by atoms with Gasteiger partial charge in [-0.05, 0) is 47.9 Å². The number of hydrazone groups is 1. The van der Waals surface area contributed by atoms with E-state index in [1.165, 1.54) is 17.1 Å². The van der Waals surface area contributed by atoms with Crippen molar-refractivity contribution in [3.05, 3.63) is 118 Å². The van der Waals surface area contributed by atoms with E-state index in [9.17, 15) is 14.9 Å². The highest BCUT2D eigenvalue weighted by atomic mass is 16.6. The molecule has 1 saturated heterocycles. The summed E-state index contributed by atoms with van der Waals surface area (Å²) in [7, 11) is 0. The number of carbonyl (C=O) groups is 1. The lowest BCUT2D eigenvalue weighted by Crippen LogP contribution is -2.29. The van der Waals surface area contributed by atoms with Crippen LogP contribution in [0.4, 0.5) is 5.69 Å². The third-order valence-electron chi connectivity index (χ3n) is 5.70. The van der Waals surface area contributed by atoms with Crippen molar-refractivity contribution in [1.82, 2.24) is 9.91 Å². The number of nitro groups is 1. The van der Waals surface area contributed by atoms with Crippen LogP contribution in [0.25, 0.3) is 0 Å². The lowest BCUT2D eigenvalue weighted by molar-refractivity contribution is -0.384. The summed E-state index contributed by atoms with van der Waals surface area (Å²) in [6.07, 6.45) is 1.27. The summed E-state index contributed by atoms with van der Waals surface area (Å²) in [6, 6.07) is 23.7. The van der Waals surface area contributed by atoms with Crippen molar-refractivity contribution >= 4 is 17.3 Å². The van der Waals surface area contributed by atoms with Crippen LogP contribution in [-0.4, -0.2) is 39.6 Å². The second kappa shape index (κ2) is 10.8. The normalized spacial score (nSPS) is 16.4. The van der Waals surface area contributed by atoms with E-state index in [-0.39, 0.29) is 18.1 Å². The monoisotopic (exact) mass is 470 g/mol. The third kappa shape index (κ3) is 5.62. The van der Waals surface area contributed by atoms with E-state index < -0.39 is 11.1 Å². The largest absolute Gasteiger partial charge is 0.490 e. The average Bonchev–Trinajstić information content (AvgIpc) is 3.17. The maximum Gasteiger partial charge on any atom is 0.269 e. The van der Waals surface area contributed by atoms with Crippen molar-refractivity contribution in [3.8, 4) is 5.75 Å². The first-order chi connectivity index (χ1) is 17.0. The average molecular weight is 471 g/mol. The number of benzene rings is 3. The second-order valence-electron chi connectivity index (χ2n) is 8.16. The number of hydrogen-bond acceptors (Lipinski definition) is 6. The van der Waals surface area contributed by atoms with E-state index in [0.29, 0.717) is 30.2 Å². The highest BCUT2D eigenvalue weighted by Gasteiger charge is 2.39. The lowest BCUT2D eigenvalue weighted by Gasteiger charge is -2.28. The number of nitrogens with zero attached hydrogens (tertiary/aromatic N) is 4. The maximum atomic E-state index is 13.1. The van der Waals surface area contributed by atoms with Gasteiger partial charge in [-0.25, -0.2) is 5.01 Å². The number of nitro benzene ring substituents is 1. The zero-order valence-electron chi connectivity index (χ0n) is 19.4. The Morgan fingerprint density at radius 1 is 1.11 bits per heavy atom. The summed E-state index contributed by atoms with van der Waals surface area (Å²) in [5, 5.41) is 17.1. The molecular formula is C27H26N4O4. The van der Waals surface area contributed by atoms with Gasteiger partial charge in [-0.15, -0.1) is 0 Å². The Balaban J connectivity index is 1.66. The van der Waals surface area contributed by atoms with Gasteiger partial charge < -0.3 is 4.74 Å². The molecule has 1 amide bonds. The molecule has 0 unspecified atom stereocenters. The first kappa shape index (κ1) is 23.8. The first-order valence-electron chi connectivity index (χ1n) is 11.2. The maximum absolute atomic E-state index is 13.1. The fourth-order valence-corrected chi connectivity index (χ4v) is 3.98. The van der Waals surface area contributed by atoms with E-state index in [1.807, 2.05) is 54.6 Å². The summed E-state index contributed by atoms with van der Waals surface area (Å²) >= 11 is 0. The zero-order chi connectivity index (χ0) is 24.8. The molecule has 4 rings (SSSR count). The molecule has 0 aliphatic carbocycles. The molecule has 0 bridgehead atoms. The highest BCUT2D eigenvalue weighted by Crippen LogP contribution is 2.34. The van der Waals surface area contributed by atoms with Crippen LogP contribution in [0.3, 0.4) is 0 Å². The molecule has 178 valence electrons. The van der Waals surface area contributed by atoms with Crippen LogP contribution in [-0.2, 0) is 11.3 Å². The molecule has 0 aromatic heterocycles. The second-order valence-corrected chi connectivity index (χ2v) is 8.16. The molecule has 3 aromatic carbocycles. The molecular weight excluding hydrogens is 444 g/mol. The fraction of sp³-hybridized carbons (Fsp3) is 0.185. The summed E-state index contributed by atoms with van der Waals surface area (Å²) < 4.78 is 5.60. The quantitative estimate of drug-likeness (QED) is 0.192. The number of non-ortho nitro benzene ring substituents is 1. The predicted octanol–water partition coefficient (Wildman–Crippen LogP) is 4.93. The van der Waals surface area contributed by atoms with Crippen molar-refractivity contribution in [2.24, 2.45) is 5.10 Å². The molecule has 0 N–H and O–H groups in total. The van der Waals surface area contributed by atoms with Gasteiger partial charge in [-0.3, -0.25) is 19.8 Å². The van der Waals surface area contributed by atoms with Gasteiger partial charge in [0.05, 0.1) is 17.2 Å². The summed E-state index contributed by atoms with van der Waals surface area (Å²) in [4.78, 5) is 25.7. The summed E-state index contributed by atoms with van der Waals surface area (Å²) in [6.45, 7) is 6.66. The van der Waals surface area contributed by atoms with Crippen LogP contribution in [0.5, 0.6) is 5.75 Å². The molecule has 0 radical (unpaired) electrons.